The summed E-state index contributed by atoms with van der Waals surface area (Å²) in [4.78, 5) is 4.61. The fourth-order valence-corrected chi connectivity index (χ4v) is 2.76. The lowest BCUT2D eigenvalue weighted by molar-refractivity contribution is 0.304. The molecular formula is C13H21N3O. The van der Waals surface area contributed by atoms with Crippen LogP contribution in [0.15, 0.2) is 4.52 Å². The Morgan fingerprint density at radius 2 is 1.65 bits per heavy atom. The molecule has 3 rings (SSSR count). The molecular weight excluding hydrogens is 214 g/mol. The summed E-state index contributed by atoms with van der Waals surface area (Å²) in [6.45, 7) is 1.98. The lowest BCUT2D eigenvalue weighted by atomic mass is 9.91. The maximum Gasteiger partial charge on any atom is 0.232 e. The second-order valence-electron chi connectivity index (χ2n) is 5.39. The van der Waals surface area contributed by atoms with Gasteiger partial charge in [0.05, 0.1) is 5.92 Å². The van der Waals surface area contributed by atoms with E-state index in [4.69, 9.17) is 4.52 Å². The molecule has 1 N–H and O–H groups in total. The molecule has 0 amide bonds. The van der Waals surface area contributed by atoms with Gasteiger partial charge in [-0.1, -0.05) is 37.3 Å². The van der Waals surface area contributed by atoms with E-state index in [2.05, 4.69) is 15.5 Å². The molecule has 1 saturated carbocycles. The van der Waals surface area contributed by atoms with Crippen LogP contribution in [0.5, 0.6) is 0 Å². The maximum atomic E-state index is 5.39. The van der Waals surface area contributed by atoms with E-state index in [0.717, 1.165) is 24.8 Å². The molecule has 17 heavy (non-hydrogen) atoms. The van der Waals surface area contributed by atoms with Crippen molar-refractivity contribution < 1.29 is 4.52 Å². The highest BCUT2D eigenvalue weighted by molar-refractivity contribution is 5.03. The molecule has 4 heteroatoms. The third-order valence-corrected chi connectivity index (χ3v) is 4.06. The maximum absolute atomic E-state index is 5.39. The van der Waals surface area contributed by atoms with Crippen molar-refractivity contribution in [2.24, 2.45) is 0 Å². The first-order chi connectivity index (χ1) is 8.43. The lowest BCUT2D eigenvalue weighted by Crippen LogP contribution is -2.40. The summed E-state index contributed by atoms with van der Waals surface area (Å²) in [5.74, 6) is 2.82. The van der Waals surface area contributed by atoms with Crippen molar-refractivity contribution in [3.63, 3.8) is 0 Å². The quantitative estimate of drug-likeness (QED) is 0.856. The number of nitrogens with zero attached hydrogens (tertiary/aromatic N) is 2. The average Bonchev–Trinajstić information content (AvgIpc) is 2.63. The topological polar surface area (TPSA) is 51.0 Å². The van der Waals surface area contributed by atoms with Crippen molar-refractivity contribution in [2.45, 2.75) is 56.8 Å². The normalized spacial score (nSPS) is 24.0. The number of rotatable bonds is 2. The van der Waals surface area contributed by atoms with Crippen molar-refractivity contribution in [2.75, 3.05) is 13.1 Å². The molecule has 0 unspecified atom stereocenters. The summed E-state index contributed by atoms with van der Waals surface area (Å²) in [6.07, 6.45) is 9.25. The van der Waals surface area contributed by atoms with Gasteiger partial charge in [0.2, 0.25) is 5.89 Å². The van der Waals surface area contributed by atoms with Gasteiger partial charge in [0.1, 0.15) is 0 Å². The van der Waals surface area contributed by atoms with E-state index in [-0.39, 0.29) is 0 Å². The van der Waals surface area contributed by atoms with Gasteiger partial charge in [-0.2, -0.15) is 4.98 Å². The molecule has 2 fully saturated rings. The first kappa shape index (κ1) is 11.2. The zero-order valence-electron chi connectivity index (χ0n) is 10.3. The van der Waals surface area contributed by atoms with E-state index in [1.807, 2.05) is 0 Å². The molecule has 1 saturated heterocycles. The van der Waals surface area contributed by atoms with Crippen molar-refractivity contribution in [3.8, 4) is 0 Å². The monoisotopic (exact) mass is 235 g/mol. The fraction of sp³-hybridized carbons (Fsp3) is 0.846. The summed E-state index contributed by atoms with van der Waals surface area (Å²) in [5, 5.41) is 7.44. The van der Waals surface area contributed by atoms with Gasteiger partial charge < -0.3 is 9.84 Å². The van der Waals surface area contributed by atoms with Gasteiger partial charge >= 0.3 is 0 Å². The Morgan fingerprint density at radius 3 is 2.29 bits per heavy atom. The van der Waals surface area contributed by atoms with E-state index >= 15 is 0 Å². The van der Waals surface area contributed by atoms with Crippen LogP contribution in [-0.2, 0) is 0 Å². The molecule has 0 aromatic carbocycles. The summed E-state index contributed by atoms with van der Waals surface area (Å²) in [5.41, 5.74) is 0. The minimum absolute atomic E-state index is 0.463. The van der Waals surface area contributed by atoms with Crippen molar-refractivity contribution in [1.29, 1.82) is 0 Å². The van der Waals surface area contributed by atoms with E-state index in [0.29, 0.717) is 11.8 Å². The van der Waals surface area contributed by atoms with Gasteiger partial charge in [0.15, 0.2) is 5.82 Å². The van der Waals surface area contributed by atoms with E-state index < -0.39 is 0 Å². The Hall–Kier alpha value is -0.900. The third kappa shape index (κ3) is 2.51. The Balaban J connectivity index is 1.66. The van der Waals surface area contributed by atoms with Crippen molar-refractivity contribution >= 4 is 0 Å². The number of nitrogens with one attached hydrogen (secondary N) is 1. The third-order valence-electron chi connectivity index (χ3n) is 4.06. The molecule has 1 aliphatic carbocycles. The first-order valence-electron chi connectivity index (χ1n) is 6.97. The summed E-state index contributed by atoms with van der Waals surface area (Å²) in [7, 11) is 0. The molecule has 0 spiro atoms. The second-order valence-corrected chi connectivity index (χ2v) is 5.39. The smallest absolute Gasteiger partial charge is 0.232 e. The van der Waals surface area contributed by atoms with Crippen molar-refractivity contribution in [3.05, 3.63) is 11.7 Å². The lowest BCUT2D eigenvalue weighted by Gasteiger charge is -2.22. The first-order valence-corrected chi connectivity index (χ1v) is 6.97. The van der Waals surface area contributed by atoms with Crippen LogP contribution in [0.4, 0.5) is 0 Å². The number of hydrogen-bond acceptors (Lipinski definition) is 4. The van der Waals surface area contributed by atoms with Gasteiger partial charge in [-0.25, -0.2) is 0 Å². The molecule has 1 aromatic rings. The molecule has 94 valence electrons. The van der Waals surface area contributed by atoms with Crippen LogP contribution in [-0.4, -0.2) is 23.2 Å². The van der Waals surface area contributed by atoms with Crippen LogP contribution in [0.1, 0.15) is 68.5 Å². The second kappa shape index (κ2) is 5.17. The average molecular weight is 235 g/mol. The van der Waals surface area contributed by atoms with Crippen LogP contribution in [0, 0.1) is 0 Å². The molecule has 1 aliphatic heterocycles. The predicted octanol–water partition coefficient (Wildman–Crippen LogP) is 2.58. The zero-order valence-corrected chi connectivity index (χ0v) is 10.3. The standard InChI is InChI=1S/C13H21N3O/c1-2-4-6-10(7-5-3-1)12-15-13(17-16-12)11-8-14-9-11/h10-11,14H,1-9H2. The minimum Gasteiger partial charge on any atom is -0.339 e. The van der Waals surface area contributed by atoms with E-state index in [1.54, 1.807) is 0 Å². The molecule has 2 aliphatic rings. The molecule has 0 bridgehead atoms. The van der Waals surface area contributed by atoms with Crippen LogP contribution in [0.3, 0.4) is 0 Å². The Morgan fingerprint density at radius 1 is 0.941 bits per heavy atom. The van der Waals surface area contributed by atoms with E-state index in [9.17, 15) is 0 Å². The van der Waals surface area contributed by atoms with Gasteiger partial charge in [0, 0.05) is 19.0 Å². The number of hydrogen-bond donors (Lipinski definition) is 1. The fourth-order valence-electron chi connectivity index (χ4n) is 2.76. The molecule has 0 radical (unpaired) electrons. The largest absolute Gasteiger partial charge is 0.339 e. The highest BCUT2D eigenvalue weighted by atomic mass is 16.5. The molecule has 1 aromatic heterocycles. The Bertz CT molecular complexity index is 351. The summed E-state index contributed by atoms with van der Waals surface area (Å²) < 4.78 is 5.39. The molecule has 2 heterocycles. The van der Waals surface area contributed by atoms with Gasteiger partial charge in [-0.3, -0.25) is 0 Å². The van der Waals surface area contributed by atoms with Gasteiger partial charge in [-0.15, -0.1) is 0 Å². The van der Waals surface area contributed by atoms with Gasteiger partial charge in [-0.05, 0) is 12.8 Å². The van der Waals surface area contributed by atoms with Crippen LogP contribution in [0.2, 0.25) is 0 Å². The minimum atomic E-state index is 0.463. The van der Waals surface area contributed by atoms with Crippen LogP contribution in [0.25, 0.3) is 0 Å². The highest BCUT2D eigenvalue weighted by Crippen LogP contribution is 2.30. The summed E-state index contributed by atoms with van der Waals surface area (Å²) >= 11 is 0. The zero-order chi connectivity index (χ0) is 11.5. The SMILES string of the molecule is C1CCCC(c2noc(C3CNC3)n2)CCC1. The van der Waals surface area contributed by atoms with E-state index in [1.165, 1.54) is 44.9 Å². The molecule has 0 atom stereocenters. The van der Waals surface area contributed by atoms with Crippen LogP contribution < -0.4 is 5.32 Å². The number of aromatic nitrogens is 2. The van der Waals surface area contributed by atoms with Crippen molar-refractivity contribution in [1.82, 2.24) is 15.5 Å². The van der Waals surface area contributed by atoms with Gasteiger partial charge in [0.25, 0.3) is 0 Å². The Labute approximate surface area is 102 Å². The predicted molar refractivity (Wildman–Crippen MR) is 65.0 cm³/mol. The highest BCUT2D eigenvalue weighted by Gasteiger charge is 2.27. The van der Waals surface area contributed by atoms with Crippen LogP contribution >= 0.6 is 0 Å². The molecule has 4 nitrogen and oxygen atoms in total. The summed E-state index contributed by atoms with van der Waals surface area (Å²) in [6, 6.07) is 0. The Kier molecular flexibility index (Phi) is 3.41.